The Balaban J connectivity index is 1.86. The maximum Gasteiger partial charge on any atom is 0.224 e. The van der Waals surface area contributed by atoms with E-state index in [-0.39, 0.29) is 18.4 Å². The Hall–Kier alpha value is -0.570. The summed E-state index contributed by atoms with van der Waals surface area (Å²) in [6.45, 7) is 3.70. The molecule has 0 aromatic rings. The van der Waals surface area contributed by atoms with Crippen LogP contribution in [0.2, 0.25) is 0 Å². The summed E-state index contributed by atoms with van der Waals surface area (Å²) >= 11 is 0. The van der Waals surface area contributed by atoms with E-state index in [1.807, 2.05) is 13.8 Å². The standard InChI is InChI=1S/C11H19NO2/c1-11(2,6-13)12-10(14)9-7-4-3-5-8(7)9/h7-9,13H,3-6H2,1-2H3,(H,12,14). The molecule has 2 unspecified atom stereocenters. The first kappa shape index (κ1) is 9.97. The maximum atomic E-state index is 11.8. The molecule has 2 saturated carbocycles. The van der Waals surface area contributed by atoms with Crippen molar-refractivity contribution in [2.75, 3.05) is 6.61 Å². The number of nitrogens with one attached hydrogen (secondary N) is 1. The second-order valence-electron chi connectivity index (χ2n) is 5.32. The molecule has 80 valence electrons. The SMILES string of the molecule is CC(C)(CO)NC(=O)C1C2CCCC21. The van der Waals surface area contributed by atoms with Gasteiger partial charge in [-0.15, -0.1) is 0 Å². The number of fused-ring (bicyclic) bond motifs is 1. The van der Waals surface area contributed by atoms with Gasteiger partial charge in [0.1, 0.15) is 0 Å². The zero-order valence-corrected chi connectivity index (χ0v) is 8.92. The highest BCUT2D eigenvalue weighted by Gasteiger charge is 2.56. The van der Waals surface area contributed by atoms with Crippen LogP contribution >= 0.6 is 0 Å². The first-order valence-corrected chi connectivity index (χ1v) is 5.48. The molecular weight excluding hydrogens is 178 g/mol. The Morgan fingerprint density at radius 3 is 2.50 bits per heavy atom. The van der Waals surface area contributed by atoms with Crippen LogP contribution in [0.25, 0.3) is 0 Å². The molecule has 3 heteroatoms. The minimum absolute atomic E-state index is 0.000787. The molecule has 0 aromatic carbocycles. The molecule has 0 bridgehead atoms. The van der Waals surface area contributed by atoms with Gasteiger partial charge in [0.05, 0.1) is 12.1 Å². The predicted molar refractivity (Wildman–Crippen MR) is 53.6 cm³/mol. The highest BCUT2D eigenvalue weighted by atomic mass is 16.3. The Morgan fingerprint density at radius 1 is 1.43 bits per heavy atom. The number of rotatable bonds is 3. The van der Waals surface area contributed by atoms with Gasteiger partial charge in [0, 0.05) is 5.92 Å². The molecule has 2 atom stereocenters. The summed E-state index contributed by atoms with van der Waals surface area (Å²) in [5.74, 6) is 1.72. The second-order valence-corrected chi connectivity index (χ2v) is 5.32. The third-order valence-corrected chi connectivity index (χ3v) is 3.57. The fourth-order valence-corrected chi connectivity index (χ4v) is 2.67. The molecule has 2 N–H and O–H groups in total. The Kier molecular flexibility index (Phi) is 2.30. The average molecular weight is 197 g/mol. The van der Waals surface area contributed by atoms with Crippen molar-refractivity contribution in [1.82, 2.24) is 5.32 Å². The van der Waals surface area contributed by atoms with Crippen molar-refractivity contribution < 1.29 is 9.90 Å². The Bertz CT molecular complexity index is 240. The summed E-state index contributed by atoms with van der Waals surface area (Å²) in [7, 11) is 0. The topological polar surface area (TPSA) is 49.3 Å². The van der Waals surface area contributed by atoms with Crippen LogP contribution in [-0.2, 0) is 4.79 Å². The molecule has 0 heterocycles. The molecule has 2 rings (SSSR count). The molecule has 14 heavy (non-hydrogen) atoms. The zero-order valence-electron chi connectivity index (χ0n) is 8.92. The molecule has 0 saturated heterocycles. The van der Waals surface area contributed by atoms with Gasteiger partial charge in [-0.05, 0) is 38.5 Å². The zero-order chi connectivity index (χ0) is 10.3. The smallest absolute Gasteiger partial charge is 0.224 e. The fourth-order valence-electron chi connectivity index (χ4n) is 2.67. The molecule has 0 spiro atoms. The van der Waals surface area contributed by atoms with Gasteiger partial charge in [-0.25, -0.2) is 0 Å². The minimum Gasteiger partial charge on any atom is -0.394 e. The van der Waals surface area contributed by atoms with E-state index >= 15 is 0 Å². The molecular formula is C11H19NO2. The van der Waals surface area contributed by atoms with E-state index < -0.39 is 5.54 Å². The van der Waals surface area contributed by atoms with Crippen LogP contribution in [0.1, 0.15) is 33.1 Å². The molecule has 0 radical (unpaired) electrons. The van der Waals surface area contributed by atoms with Gasteiger partial charge >= 0.3 is 0 Å². The lowest BCUT2D eigenvalue weighted by Gasteiger charge is -2.23. The lowest BCUT2D eigenvalue weighted by atomic mass is 10.1. The Labute approximate surface area is 84.9 Å². The summed E-state index contributed by atoms with van der Waals surface area (Å²) in [5, 5.41) is 11.9. The molecule has 3 nitrogen and oxygen atoms in total. The third kappa shape index (κ3) is 1.65. The van der Waals surface area contributed by atoms with Crippen molar-refractivity contribution in [2.45, 2.75) is 38.6 Å². The van der Waals surface area contributed by atoms with E-state index in [4.69, 9.17) is 5.11 Å². The Morgan fingerprint density at radius 2 is 2.00 bits per heavy atom. The summed E-state index contributed by atoms with van der Waals surface area (Å²) in [6, 6.07) is 0. The van der Waals surface area contributed by atoms with Crippen molar-refractivity contribution in [3.63, 3.8) is 0 Å². The van der Waals surface area contributed by atoms with Gasteiger partial charge in [-0.2, -0.15) is 0 Å². The molecule has 1 amide bonds. The summed E-state index contributed by atoms with van der Waals surface area (Å²) < 4.78 is 0. The number of carbonyl (C=O) groups excluding carboxylic acids is 1. The summed E-state index contributed by atoms with van der Waals surface area (Å²) in [4.78, 5) is 11.8. The molecule has 2 fully saturated rings. The van der Waals surface area contributed by atoms with E-state index in [1.54, 1.807) is 0 Å². The molecule has 2 aliphatic carbocycles. The third-order valence-electron chi connectivity index (χ3n) is 3.57. The van der Waals surface area contributed by atoms with Crippen molar-refractivity contribution in [1.29, 1.82) is 0 Å². The van der Waals surface area contributed by atoms with Crippen LogP contribution in [-0.4, -0.2) is 23.2 Å². The van der Waals surface area contributed by atoms with Gasteiger partial charge in [0.25, 0.3) is 0 Å². The van der Waals surface area contributed by atoms with Crippen LogP contribution in [0.5, 0.6) is 0 Å². The van der Waals surface area contributed by atoms with Gasteiger partial charge in [0.15, 0.2) is 0 Å². The van der Waals surface area contributed by atoms with E-state index in [1.165, 1.54) is 19.3 Å². The van der Waals surface area contributed by atoms with Crippen molar-refractivity contribution in [2.24, 2.45) is 17.8 Å². The van der Waals surface area contributed by atoms with E-state index in [0.717, 1.165) is 0 Å². The van der Waals surface area contributed by atoms with Gasteiger partial charge in [-0.1, -0.05) is 6.42 Å². The molecule has 0 aliphatic heterocycles. The number of amides is 1. The fraction of sp³-hybridized carbons (Fsp3) is 0.909. The number of aliphatic hydroxyl groups is 1. The van der Waals surface area contributed by atoms with Crippen molar-refractivity contribution >= 4 is 5.91 Å². The predicted octanol–water partition coefficient (Wildman–Crippen LogP) is 0.920. The maximum absolute atomic E-state index is 11.8. The van der Waals surface area contributed by atoms with E-state index in [9.17, 15) is 4.79 Å². The van der Waals surface area contributed by atoms with Crippen molar-refractivity contribution in [3.05, 3.63) is 0 Å². The minimum atomic E-state index is -0.464. The van der Waals surface area contributed by atoms with Crippen LogP contribution in [0.15, 0.2) is 0 Å². The number of aliphatic hydroxyl groups excluding tert-OH is 1. The number of carbonyl (C=O) groups is 1. The lowest BCUT2D eigenvalue weighted by Crippen LogP contribution is -2.47. The van der Waals surface area contributed by atoms with Crippen molar-refractivity contribution in [3.8, 4) is 0 Å². The largest absolute Gasteiger partial charge is 0.394 e. The van der Waals surface area contributed by atoms with Gasteiger partial charge in [0.2, 0.25) is 5.91 Å². The van der Waals surface area contributed by atoms with E-state index in [2.05, 4.69) is 5.32 Å². The quantitative estimate of drug-likeness (QED) is 0.707. The highest BCUT2D eigenvalue weighted by Crippen LogP contribution is 2.57. The monoisotopic (exact) mass is 197 g/mol. The van der Waals surface area contributed by atoms with Crippen LogP contribution < -0.4 is 5.32 Å². The molecule has 0 aromatic heterocycles. The first-order chi connectivity index (χ1) is 6.55. The van der Waals surface area contributed by atoms with Gasteiger partial charge in [-0.3, -0.25) is 4.79 Å². The van der Waals surface area contributed by atoms with Crippen LogP contribution in [0.3, 0.4) is 0 Å². The van der Waals surface area contributed by atoms with Crippen LogP contribution in [0.4, 0.5) is 0 Å². The normalized spacial score (nSPS) is 35.2. The first-order valence-electron chi connectivity index (χ1n) is 5.48. The van der Waals surface area contributed by atoms with Gasteiger partial charge < -0.3 is 10.4 Å². The number of hydrogen-bond donors (Lipinski definition) is 2. The van der Waals surface area contributed by atoms with Crippen LogP contribution in [0, 0.1) is 17.8 Å². The summed E-state index contributed by atoms with van der Waals surface area (Å²) in [5.41, 5.74) is -0.464. The number of hydrogen-bond acceptors (Lipinski definition) is 2. The average Bonchev–Trinajstić information content (AvgIpc) is 2.61. The summed E-state index contributed by atoms with van der Waals surface area (Å²) in [6.07, 6.45) is 3.74. The highest BCUT2D eigenvalue weighted by molar-refractivity contribution is 5.83. The lowest BCUT2D eigenvalue weighted by molar-refractivity contribution is -0.125. The second kappa shape index (κ2) is 3.23. The van der Waals surface area contributed by atoms with E-state index in [0.29, 0.717) is 11.8 Å². The molecule has 2 aliphatic rings.